The SMILES string of the molecule is Cc1cccc(Nc2nc(NN)ncc2Cl)c1C. The van der Waals surface area contributed by atoms with E-state index in [1.54, 1.807) is 0 Å². The number of anilines is 3. The number of hydrogen-bond acceptors (Lipinski definition) is 5. The highest BCUT2D eigenvalue weighted by atomic mass is 35.5. The average Bonchev–Trinajstić information content (AvgIpc) is 2.37. The van der Waals surface area contributed by atoms with Crippen molar-refractivity contribution in [2.45, 2.75) is 13.8 Å². The summed E-state index contributed by atoms with van der Waals surface area (Å²) in [7, 11) is 0. The third kappa shape index (κ3) is 2.52. The predicted octanol–water partition coefficient (Wildman–Crippen LogP) is 2.78. The molecular formula is C12H14ClN5. The van der Waals surface area contributed by atoms with E-state index in [4.69, 9.17) is 17.4 Å². The molecule has 0 saturated heterocycles. The fraction of sp³-hybridized carbons (Fsp3) is 0.167. The van der Waals surface area contributed by atoms with Gasteiger partial charge in [0.05, 0.1) is 6.20 Å². The van der Waals surface area contributed by atoms with E-state index in [0.717, 1.165) is 11.3 Å². The standard InChI is InChI=1S/C12H14ClN5/c1-7-4-3-5-10(8(7)2)16-11-9(13)6-15-12(17-11)18-14/h3-6H,14H2,1-2H3,(H2,15,16,17,18). The smallest absolute Gasteiger partial charge is 0.239 e. The van der Waals surface area contributed by atoms with Crippen LogP contribution in [0.4, 0.5) is 17.5 Å². The van der Waals surface area contributed by atoms with E-state index in [0.29, 0.717) is 16.8 Å². The number of halogens is 1. The van der Waals surface area contributed by atoms with Crippen LogP contribution in [0.2, 0.25) is 5.02 Å². The summed E-state index contributed by atoms with van der Waals surface area (Å²) < 4.78 is 0. The van der Waals surface area contributed by atoms with E-state index in [1.807, 2.05) is 19.1 Å². The third-order valence-corrected chi connectivity index (χ3v) is 3.01. The van der Waals surface area contributed by atoms with Crippen LogP contribution in [0.15, 0.2) is 24.4 Å². The molecule has 0 saturated carbocycles. The summed E-state index contributed by atoms with van der Waals surface area (Å²) in [4.78, 5) is 8.09. The molecule has 0 spiro atoms. The van der Waals surface area contributed by atoms with Gasteiger partial charge in [0, 0.05) is 5.69 Å². The highest BCUT2D eigenvalue weighted by Gasteiger charge is 2.07. The predicted molar refractivity (Wildman–Crippen MR) is 74.1 cm³/mol. The van der Waals surface area contributed by atoms with Crippen molar-refractivity contribution >= 4 is 29.1 Å². The number of nitrogens with zero attached hydrogens (tertiary/aromatic N) is 2. The van der Waals surface area contributed by atoms with Gasteiger partial charge in [-0.25, -0.2) is 10.8 Å². The van der Waals surface area contributed by atoms with Gasteiger partial charge in [0.1, 0.15) is 5.02 Å². The normalized spacial score (nSPS) is 10.2. The molecule has 0 fully saturated rings. The summed E-state index contributed by atoms with van der Waals surface area (Å²) in [6.45, 7) is 4.09. The minimum atomic E-state index is 0.312. The van der Waals surface area contributed by atoms with Gasteiger partial charge in [-0.2, -0.15) is 4.98 Å². The Bertz CT molecular complexity index is 570. The van der Waals surface area contributed by atoms with Gasteiger partial charge in [0.15, 0.2) is 5.82 Å². The molecule has 2 aromatic rings. The van der Waals surface area contributed by atoms with Crippen molar-refractivity contribution in [2.24, 2.45) is 5.84 Å². The summed E-state index contributed by atoms with van der Waals surface area (Å²) in [6.07, 6.45) is 1.50. The van der Waals surface area contributed by atoms with Crippen LogP contribution in [0.25, 0.3) is 0 Å². The molecule has 2 rings (SSSR count). The summed E-state index contributed by atoms with van der Waals surface area (Å²) in [5, 5.41) is 3.62. The van der Waals surface area contributed by atoms with Crippen molar-refractivity contribution in [3.05, 3.63) is 40.5 Å². The highest BCUT2D eigenvalue weighted by molar-refractivity contribution is 6.32. The number of nitrogens with one attached hydrogen (secondary N) is 2. The van der Waals surface area contributed by atoms with Crippen LogP contribution >= 0.6 is 11.6 Å². The highest BCUT2D eigenvalue weighted by Crippen LogP contribution is 2.26. The summed E-state index contributed by atoms with van der Waals surface area (Å²) >= 11 is 6.04. The summed E-state index contributed by atoms with van der Waals surface area (Å²) in [5.41, 5.74) is 5.69. The second kappa shape index (κ2) is 5.20. The molecule has 1 aromatic heterocycles. The van der Waals surface area contributed by atoms with Crippen molar-refractivity contribution in [3.8, 4) is 0 Å². The zero-order valence-corrected chi connectivity index (χ0v) is 10.9. The molecular weight excluding hydrogens is 250 g/mol. The van der Waals surface area contributed by atoms with Gasteiger partial charge < -0.3 is 5.32 Å². The topological polar surface area (TPSA) is 75.9 Å². The lowest BCUT2D eigenvalue weighted by molar-refractivity contribution is 1.12. The Morgan fingerprint density at radius 1 is 1.28 bits per heavy atom. The van der Waals surface area contributed by atoms with Crippen LogP contribution in [0, 0.1) is 13.8 Å². The summed E-state index contributed by atoms with van der Waals surface area (Å²) in [6, 6.07) is 5.99. The number of hydrazine groups is 1. The molecule has 0 unspecified atom stereocenters. The maximum atomic E-state index is 6.04. The van der Waals surface area contributed by atoms with Crippen molar-refractivity contribution in [3.63, 3.8) is 0 Å². The molecule has 94 valence electrons. The lowest BCUT2D eigenvalue weighted by Gasteiger charge is -2.12. The molecule has 0 bridgehead atoms. The first-order valence-electron chi connectivity index (χ1n) is 5.44. The van der Waals surface area contributed by atoms with E-state index in [2.05, 4.69) is 33.7 Å². The first kappa shape index (κ1) is 12.6. The van der Waals surface area contributed by atoms with Gasteiger partial charge in [-0.1, -0.05) is 23.7 Å². The van der Waals surface area contributed by atoms with Crippen LogP contribution in [0.1, 0.15) is 11.1 Å². The lowest BCUT2D eigenvalue weighted by atomic mass is 10.1. The van der Waals surface area contributed by atoms with Crippen LogP contribution in [0.5, 0.6) is 0 Å². The van der Waals surface area contributed by atoms with Gasteiger partial charge in [0.25, 0.3) is 0 Å². The van der Waals surface area contributed by atoms with Gasteiger partial charge in [-0.3, -0.25) is 5.43 Å². The lowest BCUT2D eigenvalue weighted by Crippen LogP contribution is -2.11. The zero-order valence-electron chi connectivity index (χ0n) is 10.2. The number of aryl methyl sites for hydroxylation is 1. The number of rotatable bonds is 3. The van der Waals surface area contributed by atoms with Crippen molar-refractivity contribution < 1.29 is 0 Å². The molecule has 18 heavy (non-hydrogen) atoms. The van der Waals surface area contributed by atoms with E-state index in [9.17, 15) is 0 Å². The zero-order chi connectivity index (χ0) is 13.1. The average molecular weight is 264 g/mol. The van der Waals surface area contributed by atoms with Gasteiger partial charge in [0.2, 0.25) is 5.95 Å². The van der Waals surface area contributed by atoms with E-state index in [1.165, 1.54) is 11.8 Å². The largest absolute Gasteiger partial charge is 0.339 e. The molecule has 1 heterocycles. The van der Waals surface area contributed by atoms with Gasteiger partial charge >= 0.3 is 0 Å². The Labute approximate surface area is 110 Å². The molecule has 0 atom stereocenters. The molecule has 1 aromatic carbocycles. The number of aromatic nitrogens is 2. The van der Waals surface area contributed by atoms with Crippen LogP contribution in [0.3, 0.4) is 0 Å². The molecule has 6 heteroatoms. The minimum Gasteiger partial charge on any atom is -0.339 e. The number of nitrogen functional groups attached to an aromatic ring is 1. The van der Waals surface area contributed by atoms with Gasteiger partial charge in [-0.15, -0.1) is 0 Å². The third-order valence-electron chi connectivity index (χ3n) is 2.73. The molecule has 0 amide bonds. The fourth-order valence-electron chi connectivity index (χ4n) is 1.54. The maximum Gasteiger partial charge on any atom is 0.239 e. The first-order valence-corrected chi connectivity index (χ1v) is 5.82. The van der Waals surface area contributed by atoms with Crippen molar-refractivity contribution in [1.82, 2.24) is 9.97 Å². The first-order chi connectivity index (χ1) is 8.61. The van der Waals surface area contributed by atoms with Crippen LogP contribution in [-0.4, -0.2) is 9.97 Å². The minimum absolute atomic E-state index is 0.312. The number of nitrogens with two attached hydrogens (primary N) is 1. The molecule has 0 aliphatic carbocycles. The fourth-order valence-corrected chi connectivity index (χ4v) is 1.68. The second-order valence-corrected chi connectivity index (χ2v) is 4.31. The van der Waals surface area contributed by atoms with Crippen LogP contribution < -0.4 is 16.6 Å². The van der Waals surface area contributed by atoms with E-state index < -0.39 is 0 Å². The Kier molecular flexibility index (Phi) is 3.64. The number of benzene rings is 1. The van der Waals surface area contributed by atoms with Crippen molar-refractivity contribution in [2.75, 3.05) is 10.7 Å². The molecule has 0 aliphatic heterocycles. The van der Waals surface area contributed by atoms with Crippen LogP contribution in [-0.2, 0) is 0 Å². The monoisotopic (exact) mass is 263 g/mol. The quantitative estimate of drug-likeness (QED) is 0.586. The maximum absolute atomic E-state index is 6.04. The van der Waals surface area contributed by atoms with E-state index in [-0.39, 0.29) is 0 Å². The van der Waals surface area contributed by atoms with E-state index >= 15 is 0 Å². The Morgan fingerprint density at radius 2 is 2.06 bits per heavy atom. The van der Waals surface area contributed by atoms with Crippen molar-refractivity contribution in [1.29, 1.82) is 0 Å². The van der Waals surface area contributed by atoms with Gasteiger partial charge in [-0.05, 0) is 31.0 Å². The molecule has 0 aliphatic rings. The summed E-state index contributed by atoms with van der Waals surface area (Å²) in [5.74, 6) is 6.10. The Balaban J connectivity index is 2.36. The molecule has 4 N–H and O–H groups in total. The molecule has 0 radical (unpaired) electrons. The number of hydrogen-bond donors (Lipinski definition) is 3. The Morgan fingerprint density at radius 3 is 2.78 bits per heavy atom. The Hall–Kier alpha value is -1.85. The second-order valence-electron chi connectivity index (χ2n) is 3.91. The molecule has 5 nitrogen and oxygen atoms in total.